The minimum atomic E-state index is -3.43. The van der Waals surface area contributed by atoms with Crippen LogP contribution in [-0.4, -0.2) is 57.7 Å². The lowest BCUT2D eigenvalue weighted by molar-refractivity contribution is 0.0925. The zero-order valence-corrected chi connectivity index (χ0v) is 13.6. The molecule has 2 rings (SSSR count). The number of carbonyl (C=O) groups excluding carboxylic acids is 1. The fraction of sp³-hybridized carbons (Fsp3) is 0.500. The number of nitrogens with one attached hydrogen (secondary N) is 1. The van der Waals surface area contributed by atoms with Gasteiger partial charge < -0.3 is 10.1 Å². The van der Waals surface area contributed by atoms with Gasteiger partial charge in [0.25, 0.3) is 5.91 Å². The van der Waals surface area contributed by atoms with Crippen LogP contribution in [-0.2, 0) is 14.8 Å². The first kappa shape index (κ1) is 17.8. The van der Waals surface area contributed by atoms with Gasteiger partial charge in [0, 0.05) is 25.6 Å². The maximum absolute atomic E-state index is 13.2. The van der Waals surface area contributed by atoms with Gasteiger partial charge in [-0.3, -0.25) is 4.79 Å². The van der Waals surface area contributed by atoms with Crippen LogP contribution in [0.1, 0.15) is 10.4 Å². The number of carbonyl (C=O) groups is 1. The molecule has 0 aliphatic carbocycles. The lowest BCUT2D eigenvalue weighted by Crippen LogP contribution is -2.43. The first-order valence-electron chi connectivity index (χ1n) is 6.94. The van der Waals surface area contributed by atoms with Crippen LogP contribution in [0.2, 0.25) is 0 Å². The SMILES string of the molecule is CN(C)S(=O)(=O)CC1COCC1NC(=O)c1ccc(F)c(F)c1. The summed E-state index contributed by atoms with van der Waals surface area (Å²) >= 11 is 0. The third-order valence-electron chi connectivity index (χ3n) is 3.68. The van der Waals surface area contributed by atoms with Gasteiger partial charge in [-0.05, 0) is 18.2 Å². The summed E-state index contributed by atoms with van der Waals surface area (Å²) in [6.45, 7) is 0.374. The van der Waals surface area contributed by atoms with Crippen LogP contribution in [0, 0.1) is 17.6 Å². The van der Waals surface area contributed by atoms with Crippen LogP contribution in [0.3, 0.4) is 0 Å². The summed E-state index contributed by atoms with van der Waals surface area (Å²) in [5, 5.41) is 2.62. The second-order valence-corrected chi connectivity index (χ2v) is 7.79. The summed E-state index contributed by atoms with van der Waals surface area (Å²) in [7, 11) is -0.574. The summed E-state index contributed by atoms with van der Waals surface area (Å²) in [5.41, 5.74) is -0.0370. The highest BCUT2D eigenvalue weighted by Crippen LogP contribution is 2.18. The summed E-state index contributed by atoms with van der Waals surface area (Å²) in [6, 6.07) is 2.32. The smallest absolute Gasteiger partial charge is 0.251 e. The van der Waals surface area contributed by atoms with Gasteiger partial charge >= 0.3 is 0 Å². The van der Waals surface area contributed by atoms with Crippen molar-refractivity contribution in [2.24, 2.45) is 5.92 Å². The number of nitrogens with zero attached hydrogens (tertiary/aromatic N) is 1. The van der Waals surface area contributed by atoms with E-state index in [2.05, 4.69) is 5.32 Å². The second kappa shape index (κ2) is 6.90. The Bertz CT molecular complexity index is 694. The molecule has 0 saturated carbocycles. The Hall–Kier alpha value is -1.58. The van der Waals surface area contributed by atoms with Crippen molar-refractivity contribution in [3.63, 3.8) is 0 Å². The van der Waals surface area contributed by atoms with E-state index in [1.165, 1.54) is 14.1 Å². The van der Waals surface area contributed by atoms with Gasteiger partial charge in [0.2, 0.25) is 10.0 Å². The molecule has 0 bridgehead atoms. The van der Waals surface area contributed by atoms with Crippen LogP contribution in [0.25, 0.3) is 0 Å². The van der Waals surface area contributed by atoms with Crippen LogP contribution < -0.4 is 5.32 Å². The van der Waals surface area contributed by atoms with Crippen LogP contribution in [0.4, 0.5) is 8.78 Å². The minimum absolute atomic E-state index is 0.0370. The Morgan fingerprint density at radius 2 is 2.00 bits per heavy atom. The number of benzene rings is 1. The maximum atomic E-state index is 13.2. The Morgan fingerprint density at radius 1 is 1.30 bits per heavy atom. The van der Waals surface area contributed by atoms with Crippen molar-refractivity contribution in [2.75, 3.05) is 33.1 Å². The van der Waals surface area contributed by atoms with Gasteiger partial charge in [-0.25, -0.2) is 21.5 Å². The van der Waals surface area contributed by atoms with E-state index in [0.29, 0.717) is 0 Å². The highest BCUT2D eigenvalue weighted by molar-refractivity contribution is 7.89. The second-order valence-electron chi connectivity index (χ2n) is 5.57. The van der Waals surface area contributed by atoms with E-state index < -0.39 is 39.5 Å². The van der Waals surface area contributed by atoms with E-state index in [1.807, 2.05) is 0 Å². The lowest BCUT2D eigenvalue weighted by atomic mass is 10.1. The van der Waals surface area contributed by atoms with E-state index in [0.717, 1.165) is 22.5 Å². The third-order valence-corrected chi connectivity index (χ3v) is 5.64. The van der Waals surface area contributed by atoms with Gasteiger partial charge in [-0.15, -0.1) is 0 Å². The molecule has 0 aromatic heterocycles. The number of hydrogen-bond acceptors (Lipinski definition) is 4. The lowest BCUT2D eigenvalue weighted by Gasteiger charge is -2.21. The Balaban J connectivity index is 2.06. The van der Waals surface area contributed by atoms with Crippen LogP contribution in [0.5, 0.6) is 0 Å². The largest absolute Gasteiger partial charge is 0.379 e. The number of rotatable bonds is 5. The third kappa shape index (κ3) is 4.24. The van der Waals surface area contributed by atoms with Crippen molar-refractivity contribution in [1.29, 1.82) is 0 Å². The van der Waals surface area contributed by atoms with E-state index in [1.54, 1.807) is 0 Å². The van der Waals surface area contributed by atoms with Gasteiger partial charge in [0.1, 0.15) is 0 Å². The summed E-state index contributed by atoms with van der Waals surface area (Å²) in [4.78, 5) is 12.1. The molecule has 1 aromatic rings. The molecular weight excluding hydrogens is 330 g/mol. The topological polar surface area (TPSA) is 75.7 Å². The summed E-state index contributed by atoms with van der Waals surface area (Å²) in [6.07, 6.45) is 0. The minimum Gasteiger partial charge on any atom is -0.379 e. The molecule has 1 aliphatic heterocycles. The van der Waals surface area contributed by atoms with Crippen molar-refractivity contribution >= 4 is 15.9 Å². The summed E-state index contributed by atoms with van der Waals surface area (Å²) < 4.78 is 56.3. The molecule has 6 nitrogen and oxygen atoms in total. The highest BCUT2D eigenvalue weighted by atomic mass is 32.2. The Morgan fingerprint density at radius 3 is 2.61 bits per heavy atom. The highest BCUT2D eigenvalue weighted by Gasteiger charge is 2.34. The molecule has 23 heavy (non-hydrogen) atoms. The molecule has 0 radical (unpaired) electrons. The van der Waals surface area contributed by atoms with Crippen molar-refractivity contribution in [3.8, 4) is 0 Å². The van der Waals surface area contributed by atoms with Gasteiger partial charge in [0.05, 0.1) is 25.0 Å². The van der Waals surface area contributed by atoms with Crippen molar-refractivity contribution in [3.05, 3.63) is 35.4 Å². The molecule has 2 atom stereocenters. The number of ether oxygens (including phenoxy) is 1. The number of amides is 1. The molecular formula is C14H18F2N2O4S. The van der Waals surface area contributed by atoms with E-state index in [9.17, 15) is 22.0 Å². The zero-order valence-electron chi connectivity index (χ0n) is 12.8. The Labute approximate surface area is 133 Å². The fourth-order valence-electron chi connectivity index (χ4n) is 2.23. The number of sulfonamides is 1. The predicted molar refractivity (Wildman–Crippen MR) is 79.4 cm³/mol. The maximum Gasteiger partial charge on any atom is 0.251 e. The summed E-state index contributed by atoms with van der Waals surface area (Å²) in [5.74, 6) is -3.33. The van der Waals surface area contributed by atoms with Gasteiger partial charge in [-0.1, -0.05) is 0 Å². The van der Waals surface area contributed by atoms with Crippen LogP contribution in [0.15, 0.2) is 18.2 Å². The molecule has 0 spiro atoms. The van der Waals surface area contributed by atoms with Gasteiger partial charge in [0.15, 0.2) is 11.6 Å². The van der Waals surface area contributed by atoms with Crippen molar-refractivity contribution in [1.82, 2.24) is 9.62 Å². The molecule has 1 aromatic carbocycles. The molecule has 1 aliphatic rings. The molecule has 1 N–H and O–H groups in total. The molecule has 1 heterocycles. The van der Waals surface area contributed by atoms with E-state index in [4.69, 9.17) is 4.74 Å². The molecule has 1 saturated heterocycles. The first-order chi connectivity index (χ1) is 10.7. The van der Waals surface area contributed by atoms with E-state index >= 15 is 0 Å². The van der Waals surface area contributed by atoms with Crippen molar-refractivity contribution in [2.45, 2.75) is 6.04 Å². The fourth-order valence-corrected chi connectivity index (χ4v) is 3.40. The molecule has 128 valence electrons. The normalized spacial score (nSPS) is 21.6. The molecule has 1 fully saturated rings. The van der Waals surface area contributed by atoms with Crippen LogP contribution >= 0.6 is 0 Å². The number of hydrogen-bond donors (Lipinski definition) is 1. The quantitative estimate of drug-likeness (QED) is 0.846. The average molecular weight is 348 g/mol. The van der Waals surface area contributed by atoms with E-state index in [-0.39, 0.29) is 24.5 Å². The first-order valence-corrected chi connectivity index (χ1v) is 8.55. The zero-order chi connectivity index (χ0) is 17.2. The molecule has 9 heteroatoms. The van der Waals surface area contributed by atoms with Crippen molar-refractivity contribution < 1.29 is 26.7 Å². The predicted octanol–water partition coefficient (Wildman–Crippen LogP) is 0.601. The molecule has 2 unspecified atom stereocenters. The average Bonchev–Trinajstić information content (AvgIpc) is 2.88. The monoisotopic (exact) mass is 348 g/mol. The Kier molecular flexibility index (Phi) is 5.33. The van der Waals surface area contributed by atoms with Gasteiger partial charge in [-0.2, -0.15) is 0 Å². The number of halogens is 2. The standard InChI is InChI=1S/C14H18F2N2O4S/c1-18(2)23(20,21)8-10-6-22-7-13(10)17-14(19)9-3-4-11(15)12(16)5-9/h3-5,10,13H,6-8H2,1-2H3,(H,17,19). The molecule has 1 amide bonds.